The lowest BCUT2D eigenvalue weighted by Gasteiger charge is -2.73. The maximum atomic E-state index is 14.3. The summed E-state index contributed by atoms with van der Waals surface area (Å²) in [6.07, 6.45) is 0. The fraction of sp³-hybridized carbons (Fsp3) is 0.909. The molecule has 4 rings (SSSR count). The van der Waals surface area contributed by atoms with Crippen LogP contribution in [0, 0.1) is 5.41 Å². The zero-order valence-electron chi connectivity index (χ0n) is 12.0. The van der Waals surface area contributed by atoms with Crippen LogP contribution in [0.1, 0.15) is 0 Å². The van der Waals surface area contributed by atoms with Crippen LogP contribution in [0.4, 0.5) is 65.9 Å². The minimum absolute atomic E-state index is 4.57. The maximum absolute atomic E-state index is 14.3. The molecule has 0 heterocycles. The summed E-state index contributed by atoms with van der Waals surface area (Å²) in [6, 6.07) is 0. The van der Waals surface area contributed by atoms with Crippen LogP contribution < -0.4 is 0 Å². The van der Waals surface area contributed by atoms with Crippen LogP contribution in [0.3, 0.4) is 0 Å². The van der Waals surface area contributed by atoms with Gasteiger partial charge in [0.1, 0.15) is 0 Å². The fourth-order valence-electron chi connectivity index (χ4n) is 4.26. The summed E-state index contributed by atoms with van der Waals surface area (Å²) in [4.78, 5) is 10.9. The number of halogens is 15. The molecule has 0 atom stereocenters. The van der Waals surface area contributed by atoms with Gasteiger partial charge in [-0.3, -0.25) is 4.79 Å². The van der Waals surface area contributed by atoms with Crippen molar-refractivity contribution in [2.45, 2.75) is 52.5 Å². The van der Waals surface area contributed by atoms with Gasteiger partial charge in [0, 0.05) is 0 Å². The molecular weight excluding hydrogens is 449 g/mol. The second kappa shape index (κ2) is 4.02. The van der Waals surface area contributed by atoms with Gasteiger partial charge in [-0.05, 0) is 0 Å². The Morgan fingerprint density at radius 3 is 0.750 bits per heavy atom. The molecule has 0 aromatic rings. The van der Waals surface area contributed by atoms with E-state index in [0.29, 0.717) is 0 Å². The molecule has 4 aliphatic carbocycles. The van der Waals surface area contributed by atoms with E-state index in [0.717, 1.165) is 0 Å². The first-order chi connectivity index (χ1) is 11.9. The van der Waals surface area contributed by atoms with E-state index in [4.69, 9.17) is 5.11 Å². The molecule has 0 unspecified atom stereocenters. The van der Waals surface area contributed by atoms with Crippen molar-refractivity contribution in [1.82, 2.24) is 0 Å². The summed E-state index contributed by atoms with van der Waals surface area (Å²) in [5.74, 6) is -52.0. The highest BCUT2D eigenvalue weighted by atomic mass is 19.3. The molecule has 2 nitrogen and oxygen atoms in total. The number of carbonyl (C=O) groups is 1. The molecule has 0 spiro atoms. The quantitative estimate of drug-likeness (QED) is 0.613. The first-order valence-corrected chi connectivity index (χ1v) is 6.51. The third-order valence-corrected chi connectivity index (χ3v) is 5.63. The maximum Gasteiger partial charge on any atom is 0.339 e. The fourth-order valence-corrected chi connectivity index (χ4v) is 4.26. The Bertz CT molecular complexity index is 687. The van der Waals surface area contributed by atoms with E-state index in [1.165, 1.54) is 0 Å². The van der Waals surface area contributed by atoms with Crippen molar-refractivity contribution in [3.8, 4) is 0 Å². The lowest BCUT2D eigenvalue weighted by molar-refractivity contribution is -0.604. The lowest BCUT2D eigenvalue weighted by atomic mass is 9.36. The van der Waals surface area contributed by atoms with E-state index in [2.05, 4.69) is 0 Å². The smallest absolute Gasteiger partial charge is 0.339 e. The van der Waals surface area contributed by atoms with Crippen molar-refractivity contribution >= 4 is 5.97 Å². The van der Waals surface area contributed by atoms with Crippen molar-refractivity contribution in [3.63, 3.8) is 0 Å². The van der Waals surface area contributed by atoms with Gasteiger partial charge in [0.05, 0.1) is 0 Å². The number of rotatable bonds is 1. The van der Waals surface area contributed by atoms with Gasteiger partial charge in [0.15, 0.2) is 0 Å². The minimum atomic E-state index is -7.95. The Kier molecular flexibility index (Phi) is 3.03. The summed E-state index contributed by atoms with van der Waals surface area (Å²) in [5, 5.41) is 8.46. The minimum Gasteiger partial charge on any atom is -0.480 e. The number of hydrogen-bond acceptors (Lipinski definition) is 1. The van der Waals surface area contributed by atoms with Crippen molar-refractivity contribution in [2.75, 3.05) is 0 Å². The van der Waals surface area contributed by atoms with Crippen LogP contribution in [-0.4, -0.2) is 63.6 Å². The number of carboxylic acids is 1. The summed E-state index contributed by atoms with van der Waals surface area (Å²) >= 11 is 0. The molecule has 0 aromatic carbocycles. The van der Waals surface area contributed by atoms with Crippen molar-refractivity contribution < 1.29 is 75.8 Å². The summed E-state index contributed by atoms with van der Waals surface area (Å²) in [6.45, 7) is 0. The van der Waals surface area contributed by atoms with Gasteiger partial charge in [-0.2, -0.15) is 26.3 Å². The van der Waals surface area contributed by atoms with Crippen LogP contribution in [0.15, 0.2) is 0 Å². The van der Waals surface area contributed by atoms with Gasteiger partial charge in [0.25, 0.3) is 5.41 Å². The van der Waals surface area contributed by atoms with Crippen LogP contribution in [0.25, 0.3) is 0 Å². The van der Waals surface area contributed by atoms with E-state index in [9.17, 15) is 70.7 Å². The van der Waals surface area contributed by atoms with Crippen LogP contribution in [-0.2, 0) is 4.79 Å². The molecule has 0 saturated heterocycles. The molecule has 0 amide bonds. The monoisotopic (exact) mass is 450 g/mol. The number of carboxylic acid groups (broad SMARTS) is 1. The average Bonchev–Trinajstić information content (AvgIpc) is 2.46. The van der Waals surface area contributed by atoms with Crippen molar-refractivity contribution in [3.05, 3.63) is 0 Å². The molecule has 1 N–H and O–H groups in total. The molecule has 0 radical (unpaired) electrons. The predicted molar refractivity (Wildman–Crippen MR) is 51.3 cm³/mol. The predicted octanol–water partition coefficient (Wildman–Crippen LogP) is 4.03. The third kappa shape index (κ3) is 1.06. The number of hydrogen-bond donors (Lipinski definition) is 1. The van der Waals surface area contributed by atoms with Gasteiger partial charge >= 0.3 is 58.5 Å². The summed E-state index contributed by atoms with van der Waals surface area (Å²) in [5.41, 5.74) is -30.9. The molecular formula is C11HF15O2. The second-order valence-electron chi connectivity index (χ2n) is 6.48. The average molecular weight is 450 g/mol. The zero-order valence-corrected chi connectivity index (χ0v) is 12.0. The SMILES string of the molecule is O=C(O)C12C(F)(F)C3(F)C(F)(F)C(F)(C(F)(F)C(F)(C3(F)F)C1(F)F)C2(F)F. The lowest BCUT2D eigenvalue weighted by Crippen LogP contribution is -3.08. The normalized spacial score (nSPS) is 50.4. The molecule has 162 valence electrons. The van der Waals surface area contributed by atoms with Crippen molar-refractivity contribution in [2.24, 2.45) is 5.41 Å². The van der Waals surface area contributed by atoms with E-state index < -0.39 is 63.9 Å². The molecule has 4 bridgehead atoms. The second-order valence-corrected chi connectivity index (χ2v) is 6.48. The van der Waals surface area contributed by atoms with Crippen LogP contribution >= 0.6 is 0 Å². The highest BCUT2D eigenvalue weighted by Gasteiger charge is 3.24. The van der Waals surface area contributed by atoms with Crippen LogP contribution in [0.5, 0.6) is 0 Å². The highest BCUT2D eigenvalue weighted by molar-refractivity contribution is 5.84. The summed E-state index contributed by atoms with van der Waals surface area (Å²) in [7, 11) is 0. The molecule has 4 aliphatic rings. The van der Waals surface area contributed by atoms with Gasteiger partial charge < -0.3 is 5.11 Å². The first-order valence-electron chi connectivity index (χ1n) is 6.51. The summed E-state index contributed by atoms with van der Waals surface area (Å²) < 4.78 is 211. The number of aliphatic carboxylic acids is 1. The molecule has 4 fully saturated rings. The van der Waals surface area contributed by atoms with E-state index >= 15 is 0 Å². The van der Waals surface area contributed by atoms with Gasteiger partial charge in [-0.15, -0.1) is 0 Å². The Morgan fingerprint density at radius 2 is 0.607 bits per heavy atom. The van der Waals surface area contributed by atoms with E-state index in [1.807, 2.05) is 0 Å². The Balaban J connectivity index is 2.78. The first kappa shape index (κ1) is 21.1. The third-order valence-electron chi connectivity index (χ3n) is 5.63. The molecule has 28 heavy (non-hydrogen) atoms. The van der Waals surface area contributed by atoms with Gasteiger partial charge in [-0.1, -0.05) is 0 Å². The molecule has 0 aromatic heterocycles. The van der Waals surface area contributed by atoms with E-state index in [1.54, 1.807) is 0 Å². The Labute approximate surface area is 141 Å². The molecule has 17 heteroatoms. The van der Waals surface area contributed by atoms with Crippen molar-refractivity contribution in [1.29, 1.82) is 0 Å². The number of alkyl halides is 15. The van der Waals surface area contributed by atoms with E-state index in [-0.39, 0.29) is 0 Å². The Hall–Kier alpha value is -1.58. The topological polar surface area (TPSA) is 37.3 Å². The molecule has 0 aliphatic heterocycles. The van der Waals surface area contributed by atoms with Gasteiger partial charge in [-0.25, -0.2) is 39.5 Å². The Morgan fingerprint density at radius 1 is 0.429 bits per heavy atom. The molecule has 4 saturated carbocycles. The standard InChI is InChI=1S/C11HF15O2/c12-3-6(15,16)2(1(27)28)7(17,18)4(13,9(3,21)22)11(25,26)5(14,8(2,19)20)10(3,23)24/h(H,27,28). The zero-order chi connectivity index (χ0) is 22.6. The largest absolute Gasteiger partial charge is 0.480 e. The van der Waals surface area contributed by atoms with Crippen LogP contribution in [0.2, 0.25) is 0 Å². The van der Waals surface area contributed by atoms with Gasteiger partial charge in [0.2, 0.25) is 0 Å². The highest BCUT2D eigenvalue weighted by Crippen LogP contribution is 2.90.